The Hall–Kier alpha value is -13.2. The standard InChI is InChI=1S/C100H63NOSi/c1-3-20-78(21-4-1)103(79-22-5-2-6-23-79)98-62-76(82-31-17-32-90-87-30-15-16-33-97(87)102-100(82)90)50-54-88(98)89-55-53-77(63-99(89)103)101-95-56-51-72(68-38-34-64(35-39-68)66-42-46-70(47-43-66)91-60-74-18-7-9-24-80(74)83-26-11-13-28-85(83)91)58-93(95)94-59-73(52-57-96(94)101)69-40-36-65(37-41-69)67-44-48-71(49-45-67)92-61-75-19-8-10-25-81(75)84-27-12-14-29-86(84)92/h1-63H. The van der Waals surface area contributed by atoms with E-state index in [0.29, 0.717) is 0 Å². The van der Waals surface area contributed by atoms with Gasteiger partial charge in [-0.1, -0.05) is 328 Å². The number of furan rings is 1. The minimum absolute atomic E-state index is 0.902. The molecule has 0 spiro atoms. The van der Waals surface area contributed by atoms with Gasteiger partial charge in [-0.05, 0) is 202 Å². The number of rotatable bonds is 10. The molecule has 0 N–H and O–H groups in total. The summed E-state index contributed by atoms with van der Waals surface area (Å²) in [4.78, 5) is 0. The van der Waals surface area contributed by atoms with Gasteiger partial charge in [0.2, 0.25) is 0 Å². The Morgan fingerprint density at radius 3 is 1.09 bits per heavy atom. The molecule has 103 heavy (non-hydrogen) atoms. The summed E-state index contributed by atoms with van der Waals surface area (Å²) in [6.45, 7) is 0. The van der Waals surface area contributed by atoms with Crippen LogP contribution in [0, 0.1) is 0 Å². The summed E-state index contributed by atoms with van der Waals surface area (Å²) < 4.78 is 9.28. The van der Waals surface area contributed by atoms with Crippen LogP contribution in [0.25, 0.3) is 182 Å². The van der Waals surface area contributed by atoms with E-state index in [0.717, 1.165) is 49.8 Å². The molecule has 0 amide bonds. The van der Waals surface area contributed by atoms with Crippen LogP contribution in [0.5, 0.6) is 0 Å². The molecule has 478 valence electrons. The smallest absolute Gasteiger partial charge is 0.180 e. The van der Waals surface area contributed by atoms with E-state index in [1.807, 2.05) is 0 Å². The van der Waals surface area contributed by atoms with Gasteiger partial charge in [0.1, 0.15) is 11.2 Å². The normalized spacial score (nSPS) is 12.5. The maximum atomic E-state index is 6.75. The zero-order valence-electron chi connectivity index (χ0n) is 56.2. The van der Waals surface area contributed by atoms with E-state index in [9.17, 15) is 0 Å². The van der Waals surface area contributed by atoms with Gasteiger partial charge < -0.3 is 8.98 Å². The summed E-state index contributed by atoms with van der Waals surface area (Å²) in [6.07, 6.45) is 0. The first-order valence-corrected chi connectivity index (χ1v) is 37.7. The van der Waals surface area contributed by atoms with Crippen LogP contribution >= 0.6 is 0 Å². The second-order valence-electron chi connectivity index (χ2n) is 27.7. The molecular weight excluding hydrogens is 1260 g/mol. The zero-order valence-corrected chi connectivity index (χ0v) is 57.2. The van der Waals surface area contributed by atoms with Crippen LogP contribution < -0.4 is 20.7 Å². The summed E-state index contributed by atoms with van der Waals surface area (Å²) in [7, 11) is -3.05. The molecular formula is C100H63NOSi. The van der Waals surface area contributed by atoms with Crippen LogP contribution in [-0.2, 0) is 0 Å². The third kappa shape index (κ3) is 9.33. The highest BCUT2D eigenvalue weighted by Gasteiger charge is 2.49. The predicted molar refractivity (Wildman–Crippen MR) is 439 cm³/mol. The fraction of sp³-hybridized carbons (Fsp3) is 0. The molecule has 0 unspecified atom stereocenters. The van der Waals surface area contributed by atoms with Crippen LogP contribution in [0.3, 0.4) is 0 Å². The summed E-state index contributed by atoms with van der Waals surface area (Å²) in [5, 5.41) is 20.3. The van der Waals surface area contributed by atoms with Gasteiger partial charge in [-0.3, -0.25) is 0 Å². The Morgan fingerprint density at radius 2 is 0.583 bits per heavy atom. The lowest BCUT2D eigenvalue weighted by Gasteiger charge is -2.32. The van der Waals surface area contributed by atoms with Crippen molar-refractivity contribution in [3.05, 3.63) is 382 Å². The molecule has 20 aromatic rings. The Kier molecular flexibility index (Phi) is 13.4. The summed E-state index contributed by atoms with van der Waals surface area (Å²) in [5.74, 6) is 0. The highest BCUT2D eigenvalue weighted by molar-refractivity contribution is 7.22. The molecule has 21 rings (SSSR count). The van der Waals surface area contributed by atoms with Crippen LogP contribution in [0.4, 0.5) is 0 Å². The van der Waals surface area contributed by atoms with Gasteiger partial charge in [-0.15, -0.1) is 0 Å². The quantitative estimate of drug-likeness (QED) is 0.0986. The van der Waals surface area contributed by atoms with Crippen LogP contribution in [0.2, 0.25) is 0 Å². The first-order valence-electron chi connectivity index (χ1n) is 35.7. The average molecular weight is 1320 g/mol. The van der Waals surface area contributed by atoms with E-state index in [2.05, 4.69) is 387 Å². The second-order valence-corrected chi connectivity index (χ2v) is 31.5. The Balaban J connectivity index is 0.686. The van der Waals surface area contributed by atoms with Gasteiger partial charge in [0.05, 0.1) is 11.0 Å². The Bertz CT molecular complexity index is 6500. The molecule has 1 aliphatic heterocycles. The fourth-order valence-corrected chi connectivity index (χ4v) is 22.6. The van der Waals surface area contributed by atoms with Gasteiger partial charge in [-0.25, -0.2) is 0 Å². The van der Waals surface area contributed by atoms with Crippen molar-refractivity contribution in [2.75, 3.05) is 0 Å². The number of hydrogen-bond acceptors (Lipinski definition) is 1. The lowest BCUT2D eigenvalue weighted by molar-refractivity contribution is 0.670. The molecule has 0 saturated carbocycles. The number of nitrogens with zero attached hydrogens (tertiary/aromatic N) is 1. The summed E-state index contributed by atoms with van der Waals surface area (Å²) in [5.41, 5.74) is 24.4. The predicted octanol–water partition coefficient (Wildman–Crippen LogP) is 24.3. The molecule has 2 aromatic heterocycles. The molecule has 0 aliphatic carbocycles. The molecule has 3 heterocycles. The van der Waals surface area contributed by atoms with Crippen molar-refractivity contribution in [3.8, 4) is 94.7 Å². The molecule has 0 saturated heterocycles. The van der Waals surface area contributed by atoms with Crippen molar-refractivity contribution in [2.24, 2.45) is 0 Å². The van der Waals surface area contributed by atoms with E-state index in [1.54, 1.807) is 0 Å². The van der Waals surface area contributed by atoms with Gasteiger partial charge >= 0.3 is 0 Å². The van der Waals surface area contributed by atoms with Gasteiger partial charge in [0.15, 0.2) is 8.07 Å². The van der Waals surface area contributed by atoms with E-state index in [1.165, 1.54) is 152 Å². The number of benzene rings is 18. The van der Waals surface area contributed by atoms with Crippen molar-refractivity contribution in [2.45, 2.75) is 0 Å². The van der Waals surface area contributed by atoms with E-state index >= 15 is 0 Å². The summed E-state index contributed by atoms with van der Waals surface area (Å²) >= 11 is 0. The van der Waals surface area contributed by atoms with E-state index < -0.39 is 8.07 Å². The molecule has 1 aliphatic rings. The number of fused-ring (bicyclic) bond motifs is 15. The van der Waals surface area contributed by atoms with Gasteiger partial charge in [0.25, 0.3) is 0 Å². The van der Waals surface area contributed by atoms with Crippen molar-refractivity contribution >= 4 is 116 Å². The minimum atomic E-state index is -3.05. The lowest BCUT2D eigenvalue weighted by atomic mass is 9.92. The average Bonchev–Trinajstić information content (AvgIpc) is 1.53. The largest absolute Gasteiger partial charge is 0.455 e. The third-order valence-corrected chi connectivity index (χ3v) is 27.1. The van der Waals surface area contributed by atoms with Crippen molar-refractivity contribution in [1.82, 2.24) is 4.57 Å². The first kappa shape index (κ1) is 58.8. The third-order valence-electron chi connectivity index (χ3n) is 22.3. The molecule has 2 nitrogen and oxygen atoms in total. The van der Waals surface area contributed by atoms with Crippen LogP contribution in [0.15, 0.2) is 387 Å². The van der Waals surface area contributed by atoms with E-state index in [4.69, 9.17) is 4.42 Å². The SMILES string of the molecule is c1ccc([Si]2(c3ccccc3)c3cc(-c4cccc5c4oc4ccccc45)ccc3-c3ccc(-n4c5ccc(-c6ccc(-c7ccc(-c8cc9ccccc9c9ccccc89)cc7)cc6)cc5c5cc(-c6ccc(-c7ccc(-c8cc9ccccc9c9ccccc89)cc7)cc6)ccc54)cc32)cc1. The zero-order chi connectivity index (χ0) is 67.7. The highest BCUT2D eigenvalue weighted by Crippen LogP contribution is 2.44. The maximum Gasteiger partial charge on any atom is 0.180 e. The lowest BCUT2D eigenvalue weighted by Crippen LogP contribution is -2.72. The Morgan fingerprint density at radius 1 is 0.204 bits per heavy atom. The molecule has 0 atom stereocenters. The van der Waals surface area contributed by atoms with Crippen molar-refractivity contribution in [3.63, 3.8) is 0 Å². The number of aromatic nitrogens is 1. The van der Waals surface area contributed by atoms with Crippen molar-refractivity contribution in [1.29, 1.82) is 0 Å². The summed E-state index contributed by atoms with van der Waals surface area (Å²) in [6, 6.07) is 143. The molecule has 0 fully saturated rings. The molecule has 0 bridgehead atoms. The van der Waals surface area contributed by atoms with Crippen LogP contribution in [-0.4, -0.2) is 12.6 Å². The fourth-order valence-electron chi connectivity index (χ4n) is 17.4. The monoisotopic (exact) mass is 1320 g/mol. The number of hydrogen-bond donors (Lipinski definition) is 0. The van der Waals surface area contributed by atoms with E-state index in [-0.39, 0.29) is 0 Å². The first-order chi connectivity index (χ1) is 51.0. The Labute approximate surface area is 597 Å². The van der Waals surface area contributed by atoms with Gasteiger partial charge in [-0.2, -0.15) is 0 Å². The molecule has 3 heteroatoms. The minimum Gasteiger partial charge on any atom is -0.455 e. The topological polar surface area (TPSA) is 18.1 Å². The molecule has 0 radical (unpaired) electrons. The van der Waals surface area contributed by atoms with Crippen LogP contribution in [0.1, 0.15) is 0 Å². The maximum absolute atomic E-state index is 6.75. The highest BCUT2D eigenvalue weighted by atomic mass is 28.3. The number of para-hydroxylation sites is 2. The van der Waals surface area contributed by atoms with Gasteiger partial charge in [0, 0.05) is 32.8 Å². The van der Waals surface area contributed by atoms with Crippen molar-refractivity contribution < 1.29 is 4.42 Å². The molecule has 18 aromatic carbocycles. The second kappa shape index (κ2) is 23.5.